The Morgan fingerprint density at radius 3 is 2.53 bits per heavy atom. The number of likely N-dealkylation sites (tertiary alicyclic amines) is 1. The predicted octanol–water partition coefficient (Wildman–Crippen LogP) is 6.33. The Labute approximate surface area is 208 Å². The second-order valence-electron chi connectivity index (χ2n) is 10.1. The van der Waals surface area contributed by atoms with Gasteiger partial charge in [0, 0.05) is 30.2 Å². The van der Waals surface area contributed by atoms with Gasteiger partial charge >= 0.3 is 0 Å². The monoisotopic (exact) mass is 478 g/mol. The van der Waals surface area contributed by atoms with Gasteiger partial charge in [0.05, 0.1) is 11.8 Å². The number of piperidine rings is 1. The van der Waals surface area contributed by atoms with Crippen molar-refractivity contribution in [2.45, 2.75) is 63.4 Å². The number of hydrogen-bond donors (Lipinski definition) is 1. The Morgan fingerprint density at radius 1 is 1.03 bits per heavy atom. The van der Waals surface area contributed by atoms with Gasteiger partial charge in [-0.3, -0.25) is 9.78 Å². The summed E-state index contributed by atoms with van der Waals surface area (Å²) in [5.41, 5.74) is 3.35. The maximum absolute atomic E-state index is 12.8. The number of aliphatic hydroxyl groups excluding tert-OH is 1. The molecule has 1 unspecified atom stereocenters. The Bertz CT molecular complexity index is 1100. The Morgan fingerprint density at radius 2 is 1.76 bits per heavy atom. The molecule has 0 spiro atoms. The maximum Gasteiger partial charge on any atom is 0.253 e. The highest BCUT2D eigenvalue weighted by molar-refractivity contribution is 5.94. The fourth-order valence-corrected chi connectivity index (χ4v) is 5.89. The first-order chi connectivity index (χ1) is 16.1. The van der Waals surface area contributed by atoms with E-state index in [4.69, 9.17) is 4.98 Å². The third-order valence-corrected chi connectivity index (χ3v) is 7.78. The molecule has 0 bridgehead atoms. The molecule has 2 heterocycles. The quantitative estimate of drug-likeness (QED) is 0.466. The molecule has 1 aromatic heterocycles. The highest BCUT2D eigenvalue weighted by Crippen LogP contribution is 2.42. The van der Waals surface area contributed by atoms with Crippen molar-refractivity contribution in [1.29, 1.82) is 0 Å². The summed E-state index contributed by atoms with van der Waals surface area (Å²) in [5.74, 6) is 1.83. The lowest BCUT2D eigenvalue weighted by Crippen LogP contribution is -2.40. The average Bonchev–Trinajstić information content (AvgIpc) is 3.32. The minimum Gasteiger partial charge on any atom is -0.393 e. The van der Waals surface area contributed by atoms with Gasteiger partial charge in [-0.2, -0.15) is 0 Å². The fourth-order valence-electron chi connectivity index (χ4n) is 5.89. The third-order valence-electron chi connectivity index (χ3n) is 7.78. The van der Waals surface area contributed by atoms with Crippen LogP contribution in [0.5, 0.6) is 0 Å². The molecule has 1 aliphatic heterocycles. The van der Waals surface area contributed by atoms with Crippen LogP contribution >= 0.6 is 12.4 Å². The summed E-state index contributed by atoms with van der Waals surface area (Å²) in [6.07, 6.45) is 7.92. The van der Waals surface area contributed by atoms with E-state index in [1.54, 1.807) is 0 Å². The second kappa shape index (κ2) is 10.9. The molecule has 0 radical (unpaired) electrons. The number of halogens is 1. The van der Waals surface area contributed by atoms with Gasteiger partial charge in [0.1, 0.15) is 0 Å². The van der Waals surface area contributed by atoms with Gasteiger partial charge in [0.15, 0.2) is 0 Å². The molecule has 1 N–H and O–H groups in total. The van der Waals surface area contributed by atoms with E-state index >= 15 is 0 Å². The molecule has 5 rings (SSSR count). The van der Waals surface area contributed by atoms with Crippen LogP contribution in [0.4, 0.5) is 0 Å². The Balaban J connectivity index is 0.00000274. The maximum atomic E-state index is 12.8. The van der Waals surface area contributed by atoms with Crippen LogP contribution in [0.3, 0.4) is 0 Å². The van der Waals surface area contributed by atoms with Crippen LogP contribution in [0.15, 0.2) is 60.8 Å². The number of aliphatic hydroxyl groups is 1. The molecule has 3 atom stereocenters. The Kier molecular flexibility index (Phi) is 7.90. The first kappa shape index (κ1) is 24.7. The van der Waals surface area contributed by atoms with Gasteiger partial charge in [0.2, 0.25) is 0 Å². The van der Waals surface area contributed by atoms with Gasteiger partial charge in [0.25, 0.3) is 5.91 Å². The molecular weight excluding hydrogens is 444 g/mol. The van der Waals surface area contributed by atoms with Crippen molar-refractivity contribution in [3.8, 4) is 0 Å². The van der Waals surface area contributed by atoms with Crippen molar-refractivity contribution < 1.29 is 9.90 Å². The summed E-state index contributed by atoms with van der Waals surface area (Å²) in [6, 6.07) is 19.0. The van der Waals surface area contributed by atoms with E-state index in [1.807, 2.05) is 23.2 Å². The lowest BCUT2D eigenvalue weighted by atomic mass is 9.88. The topological polar surface area (TPSA) is 53.4 Å². The summed E-state index contributed by atoms with van der Waals surface area (Å²) >= 11 is 0. The molecule has 2 aliphatic rings. The lowest BCUT2D eigenvalue weighted by molar-refractivity contribution is 0.0546. The molecule has 2 fully saturated rings. The van der Waals surface area contributed by atoms with Crippen molar-refractivity contribution >= 4 is 29.1 Å². The van der Waals surface area contributed by atoms with Crippen molar-refractivity contribution in [3.05, 3.63) is 77.6 Å². The molecular formula is C29H35ClN2O2. The highest BCUT2D eigenvalue weighted by atomic mass is 35.5. The van der Waals surface area contributed by atoms with E-state index < -0.39 is 0 Å². The normalized spacial score (nSPS) is 21.9. The van der Waals surface area contributed by atoms with E-state index in [9.17, 15) is 9.90 Å². The smallest absolute Gasteiger partial charge is 0.253 e. The molecule has 1 saturated carbocycles. The Hall–Kier alpha value is -2.43. The first-order valence-corrected chi connectivity index (χ1v) is 12.5. The third kappa shape index (κ3) is 5.29. The largest absolute Gasteiger partial charge is 0.393 e. The molecule has 3 aromatic rings. The van der Waals surface area contributed by atoms with E-state index in [-0.39, 0.29) is 24.4 Å². The van der Waals surface area contributed by atoms with Crippen molar-refractivity contribution in [3.63, 3.8) is 0 Å². The number of fused-ring (bicyclic) bond motifs is 1. The summed E-state index contributed by atoms with van der Waals surface area (Å²) < 4.78 is 0. The number of aromatic nitrogens is 1. The summed E-state index contributed by atoms with van der Waals surface area (Å²) in [7, 11) is 0. The van der Waals surface area contributed by atoms with Crippen LogP contribution in [-0.2, 0) is 0 Å². The van der Waals surface area contributed by atoms with Crippen molar-refractivity contribution in [1.82, 2.24) is 9.88 Å². The van der Waals surface area contributed by atoms with Crippen molar-refractivity contribution in [2.75, 3.05) is 13.1 Å². The summed E-state index contributed by atoms with van der Waals surface area (Å²) in [6.45, 7) is 3.62. The van der Waals surface area contributed by atoms with Crippen LogP contribution in [0.25, 0.3) is 10.8 Å². The van der Waals surface area contributed by atoms with Crippen LogP contribution in [0.1, 0.15) is 78.9 Å². The first-order valence-electron chi connectivity index (χ1n) is 12.5. The second-order valence-corrected chi connectivity index (χ2v) is 10.1. The molecule has 34 heavy (non-hydrogen) atoms. The molecule has 5 heteroatoms. The minimum atomic E-state index is -0.258. The number of rotatable bonds is 5. The predicted molar refractivity (Wildman–Crippen MR) is 140 cm³/mol. The van der Waals surface area contributed by atoms with Crippen LogP contribution in [-0.4, -0.2) is 40.1 Å². The highest BCUT2D eigenvalue weighted by Gasteiger charge is 2.28. The molecule has 2 aromatic carbocycles. The van der Waals surface area contributed by atoms with Crippen molar-refractivity contribution in [2.24, 2.45) is 5.92 Å². The molecule has 1 aliphatic carbocycles. The zero-order valence-corrected chi connectivity index (χ0v) is 20.7. The van der Waals surface area contributed by atoms with Gasteiger partial charge in [-0.1, -0.05) is 43.3 Å². The van der Waals surface area contributed by atoms with Crippen LogP contribution in [0, 0.1) is 5.92 Å². The SMILES string of the molecule is C[C@@H](CC1CC[C@H](c2ccc(C(=O)N3CCC(O)CC3)cc2)C1)c1nccc2ccccc12.Cl. The number of benzene rings is 2. The fraction of sp³-hybridized carbons (Fsp3) is 0.448. The number of amides is 1. The number of carbonyl (C=O) groups excluding carboxylic acids is 1. The van der Waals surface area contributed by atoms with E-state index in [2.05, 4.69) is 49.4 Å². The minimum absolute atomic E-state index is 0. The van der Waals surface area contributed by atoms with Gasteiger partial charge in [-0.05, 0) is 85.4 Å². The zero-order chi connectivity index (χ0) is 22.8. The molecule has 4 nitrogen and oxygen atoms in total. The number of hydrogen-bond acceptors (Lipinski definition) is 3. The zero-order valence-electron chi connectivity index (χ0n) is 19.9. The molecule has 1 saturated heterocycles. The number of nitrogens with zero attached hydrogens (tertiary/aromatic N) is 2. The van der Waals surface area contributed by atoms with Crippen LogP contribution in [0.2, 0.25) is 0 Å². The van der Waals surface area contributed by atoms with E-state index in [1.165, 1.54) is 47.7 Å². The number of carbonyl (C=O) groups is 1. The van der Waals surface area contributed by atoms with E-state index in [0.717, 1.165) is 5.56 Å². The lowest BCUT2D eigenvalue weighted by Gasteiger charge is -2.29. The summed E-state index contributed by atoms with van der Waals surface area (Å²) in [5, 5.41) is 12.2. The molecule has 1 amide bonds. The standard InChI is InChI=1S/C29H34N2O2.ClH/c1-20(28-27-5-3-2-4-23(27)12-15-30-28)18-21-6-7-25(19-21)22-8-10-24(11-9-22)29(33)31-16-13-26(32)14-17-31;/h2-5,8-12,15,20-21,25-26,32H,6-7,13-14,16-19H2,1H3;1H/t20-,21?,25-;/m0./s1. The van der Waals surface area contributed by atoms with E-state index in [0.29, 0.717) is 43.7 Å². The van der Waals surface area contributed by atoms with Gasteiger partial charge < -0.3 is 10.0 Å². The van der Waals surface area contributed by atoms with Gasteiger partial charge in [-0.15, -0.1) is 12.4 Å². The molecule has 180 valence electrons. The van der Waals surface area contributed by atoms with Gasteiger partial charge in [-0.25, -0.2) is 0 Å². The number of pyridine rings is 1. The van der Waals surface area contributed by atoms with Crippen LogP contribution < -0.4 is 0 Å². The average molecular weight is 479 g/mol. The summed E-state index contributed by atoms with van der Waals surface area (Å²) in [4.78, 5) is 19.4.